The first kappa shape index (κ1) is 9.70. The Bertz CT molecular complexity index is 119. The molecule has 0 fully saturated rings. The third-order valence-electron chi connectivity index (χ3n) is 1.49. The van der Waals surface area contributed by atoms with Crippen molar-refractivity contribution in [1.29, 1.82) is 0 Å². The van der Waals surface area contributed by atoms with Gasteiger partial charge in [0.1, 0.15) is 0 Å². The molecule has 0 aliphatic carbocycles. The number of allylic oxidation sites excluding steroid dienone is 2. The SMILES string of the molecule is CC(C)=CCC(C)(C)CO. The summed E-state index contributed by atoms with van der Waals surface area (Å²) in [6.07, 6.45) is 3.13. The smallest absolute Gasteiger partial charge is 0.0485 e. The topological polar surface area (TPSA) is 20.2 Å². The molecule has 1 heteroatoms. The van der Waals surface area contributed by atoms with Crippen molar-refractivity contribution < 1.29 is 5.11 Å². The van der Waals surface area contributed by atoms with Crippen LogP contribution in [0.1, 0.15) is 34.1 Å². The molecule has 0 atom stereocenters. The molecular weight excluding hydrogens is 124 g/mol. The molecule has 0 spiro atoms. The Morgan fingerprint density at radius 3 is 2.20 bits per heavy atom. The molecule has 0 rings (SSSR count). The van der Waals surface area contributed by atoms with Gasteiger partial charge in [-0.15, -0.1) is 0 Å². The second-order valence-electron chi connectivity index (χ2n) is 3.81. The molecule has 0 saturated heterocycles. The number of aliphatic hydroxyl groups is 1. The predicted molar refractivity (Wildman–Crippen MR) is 44.9 cm³/mol. The monoisotopic (exact) mass is 142 g/mol. The summed E-state index contributed by atoms with van der Waals surface area (Å²) in [5.41, 5.74) is 1.37. The van der Waals surface area contributed by atoms with Crippen molar-refractivity contribution in [3.05, 3.63) is 11.6 Å². The lowest BCUT2D eigenvalue weighted by Gasteiger charge is -2.18. The fraction of sp³-hybridized carbons (Fsp3) is 0.778. The van der Waals surface area contributed by atoms with Crippen molar-refractivity contribution in [3.63, 3.8) is 0 Å². The van der Waals surface area contributed by atoms with Crippen molar-refractivity contribution in [2.45, 2.75) is 34.1 Å². The highest BCUT2D eigenvalue weighted by molar-refractivity contribution is 4.95. The Kier molecular flexibility index (Phi) is 3.66. The average Bonchev–Trinajstić information content (AvgIpc) is 1.85. The van der Waals surface area contributed by atoms with Gasteiger partial charge in [-0.2, -0.15) is 0 Å². The second-order valence-corrected chi connectivity index (χ2v) is 3.81. The maximum Gasteiger partial charge on any atom is 0.0485 e. The minimum absolute atomic E-state index is 0.0528. The Hall–Kier alpha value is -0.300. The van der Waals surface area contributed by atoms with Gasteiger partial charge in [0.25, 0.3) is 0 Å². The van der Waals surface area contributed by atoms with Crippen LogP contribution >= 0.6 is 0 Å². The molecule has 0 aliphatic rings. The van der Waals surface area contributed by atoms with Crippen LogP contribution in [-0.4, -0.2) is 11.7 Å². The van der Waals surface area contributed by atoms with Crippen LogP contribution in [0, 0.1) is 5.41 Å². The molecule has 0 amide bonds. The van der Waals surface area contributed by atoms with Crippen molar-refractivity contribution in [2.24, 2.45) is 5.41 Å². The molecule has 0 saturated carbocycles. The maximum atomic E-state index is 8.88. The van der Waals surface area contributed by atoms with E-state index in [1.807, 2.05) is 0 Å². The fourth-order valence-corrected chi connectivity index (χ4v) is 0.545. The zero-order chi connectivity index (χ0) is 8.20. The Balaban J connectivity index is 3.78. The summed E-state index contributed by atoms with van der Waals surface area (Å²) in [6, 6.07) is 0. The van der Waals surface area contributed by atoms with Crippen molar-refractivity contribution >= 4 is 0 Å². The molecule has 0 aromatic carbocycles. The number of rotatable bonds is 3. The number of hydrogen-bond donors (Lipinski definition) is 1. The molecule has 1 N–H and O–H groups in total. The van der Waals surface area contributed by atoms with Gasteiger partial charge in [0.15, 0.2) is 0 Å². The van der Waals surface area contributed by atoms with Gasteiger partial charge in [-0.25, -0.2) is 0 Å². The molecule has 0 aromatic rings. The summed E-state index contributed by atoms with van der Waals surface area (Å²) in [7, 11) is 0. The van der Waals surface area contributed by atoms with Crippen LogP contribution in [0.5, 0.6) is 0 Å². The van der Waals surface area contributed by atoms with Gasteiger partial charge in [-0.05, 0) is 25.7 Å². The fourth-order valence-electron chi connectivity index (χ4n) is 0.545. The third-order valence-corrected chi connectivity index (χ3v) is 1.49. The normalized spacial score (nSPS) is 11.3. The van der Waals surface area contributed by atoms with Crippen LogP contribution in [0.25, 0.3) is 0 Å². The van der Waals surface area contributed by atoms with Crippen LogP contribution in [0.15, 0.2) is 11.6 Å². The van der Waals surface area contributed by atoms with Crippen LogP contribution in [0.2, 0.25) is 0 Å². The third kappa shape index (κ3) is 4.57. The van der Waals surface area contributed by atoms with Crippen molar-refractivity contribution in [3.8, 4) is 0 Å². The maximum absolute atomic E-state index is 8.88. The summed E-state index contributed by atoms with van der Waals surface area (Å²) in [6.45, 7) is 8.54. The van der Waals surface area contributed by atoms with Crippen molar-refractivity contribution in [2.75, 3.05) is 6.61 Å². The first-order valence-electron chi connectivity index (χ1n) is 3.72. The predicted octanol–water partition coefficient (Wildman–Crippen LogP) is 2.36. The van der Waals surface area contributed by atoms with Crippen LogP contribution in [0.3, 0.4) is 0 Å². The van der Waals surface area contributed by atoms with Gasteiger partial charge < -0.3 is 5.11 Å². The molecule has 0 bridgehead atoms. The van der Waals surface area contributed by atoms with E-state index >= 15 is 0 Å². The van der Waals surface area contributed by atoms with Gasteiger partial charge in [-0.1, -0.05) is 25.5 Å². The summed E-state index contributed by atoms with van der Waals surface area (Å²) in [5.74, 6) is 0. The summed E-state index contributed by atoms with van der Waals surface area (Å²) in [5, 5.41) is 8.88. The zero-order valence-corrected chi connectivity index (χ0v) is 7.44. The van der Waals surface area contributed by atoms with Crippen LogP contribution in [-0.2, 0) is 0 Å². The summed E-state index contributed by atoms with van der Waals surface area (Å²) in [4.78, 5) is 0. The van der Waals surface area contributed by atoms with E-state index in [0.29, 0.717) is 0 Å². The Labute approximate surface area is 63.8 Å². The van der Waals surface area contributed by atoms with Crippen LogP contribution in [0.4, 0.5) is 0 Å². The van der Waals surface area contributed by atoms with E-state index in [9.17, 15) is 0 Å². The minimum atomic E-state index is 0.0528. The van der Waals surface area contributed by atoms with E-state index in [4.69, 9.17) is 5.11 Å². The highest BCUT2D eigenvalue weighted by Gasteiger charge is 2.13. The van der Waals surface area contributed by atoms with Crippen LogP contribution < -0.4 is 0 Å². The average molecular weight is 142 g/mol. The van der Waals surface area contributed by atoms with E-state index in [-0.39, 0.29) is 12.0 Å². The van der Waals surface area contributed by atoms with E-state index < -0.39 is 0 Å². The molecule has 60 valence electrons. The number of aliphatic hydroxyl groups excluding tert-OH is 1. The molecule has 0 aromatic heterocycles. The van der Waals surface area contributed by atoms with E-state index in [1.54, 1.807) is 0 Å². The number of hydrogen-bond acceptors (Lipinski definition) is 1. The molecule has 0 aliphatic heterocycles. The lowest BCUT2D eigenvalue weighted by atomic mass is 9.90. The Morgan fingerprint density at radius 1 is 1.40 bits per heavy atom. The molecule has 0 heterocycles. The molecule has 10 heavy (non-hydrogen) atoms. The van der Waals surface area contributed by atoms with Gasteiger partial charge in [-0.3, -0.25) is 0 Å². The lowest BCUT2D eigenvalue weighted by molar-refractivity contribution is 0.162. The summed E-state index contributed by atoms with van der Waals surface area (Å²) < 4.78 is 0. The highest BCUT2D eigenvalue weighted by atomic mass is 16.3. The van der Waals surface area contributed by atoms with Gasteiger partial charge in [0.05, 0.1) is 0 Å². The highest BCUT2D eigenvalue weighted by Crippen LogP contribution is 2.19. The van der Waals surface area contributed by atoms with E-state index in [2.05, 4.69) is 33.8 Å². The van der Waals surface area contributed by atoms with Gasteiger partial charge in [0.2, 0.25) is 0 Å². The largest absolute Gasteiger partial charge is 0.396 e. The lowest BCUT2D eigenvalue weighted by Crippen LogP contribution is -2.15. The second kappa shape index (κ2) is 3.77. The molecule has 0 unspecified atom stereocenters. The summed E-state index contributed by atoms with van der Waals surface area (Å²) >= 11 is 0. The zero-order valence-electron chi connectivity index (χ0n) is 7.44. The van der Waals surface area contributed by atoms with Crippen molar-refractivity contribution in [1.82, 2.24) is 0 Å². The molecule has 1 nitrogen and oxygen atoms in total. The Morgan fingerprint density at radius 2 is 1.90 bits per heavy atom. The standard InChI is InChI=1S/C9H18O/c1-8(2)5-6-9(3,4)7-10/h5,10H,6-7H2,1-4H3. The van der Waals surface area contributed by atoms with Gasteiger partial charge in [0, 0.05) is 6.61 Å². The molecule has 0 radical (unpaired) electrons. The minimum Gasteiger partial charge on any atom is -0.396 e. The first-order chi connectivity index (χ1) is 4.48. The molecular formula is C9H18O. The van der Waals surface area contributed by atoms with E-state index in [0.717, 1.165) is 6.42 Å². The quantitative estimate of drug-likeness (QED) is 0.600. The van der Waals surface area contributed by atoms with E-state index in [1.165, 1.54) is 5.57 Å². The van der Waals surface area contributed by atoms with Gasteiger partial charge >= 0.3 is 0 Å². The first-order valence-corrected chi connectivity index (χ1v) is 3.72.